The average molecular weight is 367 g/mol. The van der Waals surface area contributed by atoms with Crippen LogP contribution in [-0.2, 0) is 7.05 Å². The van der Waals surface area contributed by atoms with E-state index in [1.165, 1.54) is 18.2 Å². The lowest BCUT2D eigenvalue weighted by Crippen LogP contribution is -2.03. The number of phenolic OH excluding ortho intramolecular Hbond substituents is 1. The highest BCUT2D eigenvalue weighted by Crippen LogP contribution is 2.31. The molecule has 0 aliphatic carbocycles. The first-order chi connectivity index (χ1) is 13.0. The summed E-state index contributed by atoms with van der Waals surface area (Å²) in [5.41, 5.74) is 1.57. The van der Waals surface area contributed by atoms with Crippen molar-refractivity contribution in [3.8, 4) is 17.3 Å². The minimum Gasteiger partial charge on any atom is -0.507 e. The zero-order chi connectivity index (χ0) is 19.1. The van der Waals surface area contributed by atoms with Crippen molar-refractivity contribution in [3.63, 3.8) is 0 Å². The van der Waals surface area contributed by atoms with E-state index >= 15 is 0 Å². The Labute approximate surface area is 153 Å². The van der Waals surface area contributed by atoms with Crippen LogP contribution in [0.3, 0.4) is 0 Å². The molecule has 0 aliphatic rings. The van der Waals surface area contributed by atoms with E-state index in [0.29, 0.717) is 16.7 Å². The number of para-hydroxylation sites is 3. The van der Waals surface area contributed by atoms with Crippen molar-refractivity contribution in [2.75, 3.05) is 0 Å². The standard InChI is InChI=1S/C20H15F2N3O2/c1-24-11-12(18(27)13-6-2-5-9-17(13)26)10-16(24)19-23-14-7-3-4-8-15(14)25(19)20(21)22/h2-11,20,26H,1H3. The molecule has 0 saturated carbocycles. The van der Waals surface area contributed by atoms with Crippen molar-refractivity contribution >= 4 is 16.8 Å². The number of phenols is 1. The minimum absolute atomic E-state index is 0.0741. The summed E-state index contributed by atoms with van der Waals surface area (Å²) in [5.74, 6) is -0.451. The van der Waals surface area contributed by atoms with Crippen LogP contribution in [0.1, 0.15) is 22.5 Å². The lowest BCUT2D eigenvalue weighted by molar-refractivity contribution is 0.0763. The van der Waals surface area contributed by atoms with E-state index in [0.717, 1.165) is 4.57 Å². The highest BCUT2D eigenvalue weighted by atomic mass is 19.3. The molecule has 1 N–H and O–H groups in total. The Hall–Kier alpha value is -3.48. The van der Waals surface area contributed by atoms with Crippen LogP contribution in [0.25, 0.3) is 22.6 Å². The molecule has 0 atom stereocenters. The van der Waals surface area contributed by atoms with Crippen LogP contribution in [0.4, 0.5) is 8.78 Å². The summed E-state index contributed by atoms with van der Waals surface area (Å²) in [4.78, 5) is 17.0. The number of imidazole rings is 1. The average Bonchev–Trinajstić information content (AvgIpc) is 3.21. The van der Waals surface area contributed by atoms with Gasteiger partial charge in [0.2, 0.25) is 0 Å². The lowest BCUT2D eigenvalue weighted by Gasteiger charge is -2.08. The van der Waals surface area contributed by atoms with Crippen LogP contribution in [-0.4, -0.2) is 25.0 Å². The van der Waals surface area contributed by atoms with E-state index < -0.39 is 12.3 Å². The molecule has 0 fully saturated rings. The molecule has 0 spiro atoms. The van der Waals surface area contributed by atoms with E-state index in [4.69, 9.17) is 0 Å². The van der Waals surface area contributed by atoms with Crippen LogP contribution < -0.4 is 0 Å². The SMILES string of the molecule is Cn1cc(C(=O)c2ccccc2O)cc1-c1nc2ccccc2n1C(F)F. The number of hydrogen-bond donors (Lipinski definition) is 1. The Morgan fingerprint density at radius 3 is 2.56 bits per heavy atom. The molecule has 5 nitrogen and oxygen atoms in total. The molecular formula is C20H15F2N3O2. The predicted octanol–water partition coefficient (Wildman–Crippen LogP) is 4.37. The molecule has 0 unspecified atom stereocenters. The van der Waals surface area contributed by atoms with Crippen LogP contribution in [0, 0.1) is 0 Å². The van der Waals surface area contributed by atoms with Gasteiger partial charge in [0, 0.05) is 18.8 Å². The number of aromatic nitrogens is 3. The van der Waals surface area contributed by atoms with Crippen molar-refractivity contribution in [3.05, 3.63) is 71.9 Å². The second-order valence-electron chi connectivity index (χ2n) is 6.14. The molecule has 4 aromatic rings. The Bertz CT molecular complexity index is 1160. The molecule has 2 aromatic carbocycles. The quantitative estimate of drug-likeness (QED) is 0.545. The summed E-state index contributed by atoms with van der Waals surface area (Å²) in [6.45, 7) is -2.78. The molecule has 0 amide bonds. The van der Waals surface area contributed by atoms with E-state index in [9.17, 15) is 18.7 Å². The number of carbonyl (C=O) groups excluding carboxylic acids is 1. The van der Waals surface area contributed by atoms with Gasteiger partial charge in [-0.05, 0) is 30.3 Å². The summed E-state index contributed by atoms with van der Waals surface area (Å²) >= 11 is 0. The van der Waals surface area contributed by atoms with Crippen LogP contribution in [0.2, 0.25) is 0 Å². The Morgan fingerprint density at radius 2 is 1.81 bits per heavy atom. The van der Waals surface area contributed by atoms with Gasteiger partial charge in [0.05, 0.1) is 22.3 Å². The first kappa shape index (κ1) is 17.0. The van der Waals surface area contributed by atoms with Gasteiger partial charge in [-0.2, -0.15) is 8.78 Å². The van der Waals surface area contributed by atoms with Gasteiger partial charge < -0.3 is 9.67 Å². The van der Waals surface area contributed by atoms with Gasteiger partial charge >= 0.3 is 6.55 Å². The minimum atomic E-state index is -2.78. The number of halogens is 2. The normalized spacial score (nSPS) is 11.4. The van der Waals surface area contributed by atoms with Gasteiger partial charge in [-0.1, -0.05) is 24.3 Å². The van der Waals surface area contributed by atoms with Crippen molar-refractivity contribution in [2.45, 2.75) is 6.55 Å². The van der Waals surface area contributed by atoms with Gasteiger partial charge in [-0.15, -0.1) is 0 Å². The first-order valence-corrected chi connectivity index (χ1v) is 8.22. The van der Waals surface area contributed by atoms with Crippen LogP contribution in [0.15, 0.2) is 60.8 Å². The summed E-state index contributed by atoms with van der Waals surface area (Å²) in [6.07, 6.45) is 1.54. The Balaban J connectivity index is 1.86. The number of fused-ring (bicyclic) bond motifs is 1. The zero-order valence-corrected chi connectivity index (χ0v) is 14.3. The molecule has 0 radical (unpaired) electrons. The summed E-state index contributed by atoms with van der Waals surface area (Å²) < 4.78 is 29.8. The molecule has 0 saturated heterocycles. The van der Waals surface area contributed by atoms with Gasteiger partial charge in [0.1, 0.15) is 5.75 Å². The van der Waals surface area contributed by atoms with Crippen molar-refractivity contribution in [1.82, 2.24) is 14.1 Å². The largest absolute Gasteiger partial charge is 0.507 e. The third kappa shape index (κ3) is 2.77. The van der Waals surface area contributed by atoms with Crippen LogP contribution >= 0.6 is 0 Å². The third-order valence-corrected chi connectivity index (χ3v) is 4.44. The molecule has 2 heterocycles. The van der Waals surface area contributed by atoms with Crippen molar-refractivity contribution < 1.29 is 18.7 Å². The monoisotopic (exact) mass is 367 g/mol. The molecule has 136 valence electrons. The third-order valence-electron chi connectivity index (χ3n) is 4.44. The topological polar surface area (TPSA) is 60.1 Å². The van der Waals surface area contributed by atoms with Crippen LogP contribution in [0.5, 0.6) is 5.75 Å². The maximum atomic E-state index is 13.7. The predicted molar refractivity (Wildman–Crippen MR) is 96.9 cm³/mol. The number of carbonyl (C=O) groups is 1. The molecule has 27 heavy (non-hydrogen) atoms. The van der Waals surface area contributed by atoms with Gasteiger partial charge in [0.25, 0.3) is 0 Å². The van der Waals surface area contributed by atoms with Crippen molar-refractivity contribution in [1.29, 1.82) is 0 Å². The maximum absolute atomic E-state index is 13.7. The summed E-state index contributed by atoms with van der Waals surface area (Å²) in [5, 5.41) is 9.90. The number of ketones is 1. The maximum Gasteiger partial charge on any atom is 0.320 e. The zero-order valence-electron chi connectivity index (χ0n) is 14.3. The van der Waals surface area contributed by atoms with E-state index in [2.05, 4.69) is 4.98 Å². The fourth-order valence-corrected chi connectivity index (χ4v) is 3.15. The van der Waals surface area contributed by atoms with E-state index in [1.807, 2.05) is 0 Å². The molecule has 7 heteroatoms. The number of hydrogen-bond acceptors (Lipinski definition) is 3. The Kier molecular flexibility index (Phi) is 3.99. The van der Waals surface area contributed by atoms with Gasteiger partial charge in [0.15, 0.2) is 11.6 Å². The molecular weight excluding hydrogens is 352 g/mol. The molecule has 4 rings (SSSR count). The fourth-order valence-electron chi connectivity index (χ4n) is 3.15. The highest BCUT2D eigenvalue weighted by Gasteiger charge is 2.23. The molecule has 2 aromatic heterocycles. The van der Waals surface area contributed by atoms with E-state index in [1.54, 1.807) is 54.2 Å². The molecule has 0 bridgehead atoms. The number of aryl methyl sites for hydroxylation is 1. The smallest absolute Gasteiger partial charge is 0.320 e. The lowest BCUT2D eigenvalue weighted by atomic mass is 10.0. The Morgan fingerprint density at radius 1 is 1.11 bits per heavy atom. The van der Waals surface area contributed by atoms with Gasteiger partial charge in [-0.3, -0.25) is 9.36 Å². The second kappa shape index (κ2) is 6.35. The van der Waals surface area contributed by atoms with E-state index in [-0.39, 0.29) is 22.7 Å². The van der Waals surface area contributed by atoms with Gasteiger partial charge in [-0.25, -0.2) is 4.98 Å². The number of rotatable bonds is 4. The highest BCUT2D eigenvalue weighted by molar-refractivity contribution is 6.11. The number of aromatic hydroxyl groups is 1. The number of alkyl halides is 2. The summed E-state index contributed by atoms with van der Waals surface area (Å²) in [6, 6.07) is 14.4. The number of benzene rings is 2. The number of nitrogens with zero attached hydrogens (tertiary/aromatic N) is 3. The summed E-state index contributed by atoms with van der Waals surface area (Å²) in [7, 11) is 1.66. The second-order valence-corrected chi connectivity index (χ2v) is 6.14. The molecule has 0 aliphatic heterocycles. The fraction of sp³-hybridized carbons (Fsp3) is 0.100. The first-order valence-electron chi connectivity index (χ1n) is 8.22. The van der Waals surface area contributed by atoms with Crippen molar-refractivity contribution in [2.24, 2.45) is 7.05 Å².